The molecule has 1 aromatic heterocycles. The van der Waals surface area contributed by atoms with Crippen molar-refractivity contribution in [3.8, 4) is 0 Å². The fourth-order valence-electron chi connectivity index (χ4n) is 1.72. The Labute approximate surface area is 122 Å². The molecule has 1 unspecified atom stereocenters. The number of sulfonamides is 1. The van der Waals surface area contributed by atoms with Crippen LogP contribution in [0.3, 0.4) is 0 Å². The van der Waals surface area contributed by atoms with Gasteiger partial charge < -0.3 is 14.3 Å². The van der Waals surface area contributed by atoms with Crippen LogP contribution in [0, 0.1) is 19.8 Å². The van der Waals surface area contributed by atoms with Crippen molar-refractivity contribution in [2.75, 3.05) is 13.7 Å². The quantitative estimate of drug-likeness (QED) is 0.739. The molecule has 0 saturated heterocycles. The van der Waals surface area contributed by atoms with Gasteiger partial charge in [0.05, 0.1) is 13.0 Å². The number of hydrogen-bond donors (Lipinski definition) is 2. The molecule has 0 spiro atoms. The van der Waals surface area contributed by atoms with Crippen LogP contribution in [0.25, 0.3) is 0 Å². The lowest BCUT2D eigenvalue weighted by atomic mass is 10.2. The van der Waals surface area contributed by atoms with Crippen molar-refractivity contribution in [2.24, 2.45) is 5.92 Å². The molecule has 21 heavy (non-hydrogen) atoms. The number of ether oxygens (including phenoxy) is 1. The molecule has 118 valence electrons. The fraction of sp³-hybridized carbons (Fsp3) is 0.500. The molecule has 0 amide bonds. The van der Waals surface area contributed by atoms with Crippen molar-refractivity contribution < 1.29 is 32.3 Å². The van der Waals surface area contributed by atoms with Gasteiger partial charge in [-0.15, -0.1) is 0 Å². The van der Waals surface area contributed by atoms with Gasteiger partial charge >= 0.3 is 11.9 Å². The summed E-state index contributed by atoms with van der Waals surface area (Å²) in [4.78, 5) is 22.1. The second-order valence-corrected chi connectivity index (χ2v) is 6.21. The number of carboxylic acids is 1. The number of nitrogens with one attached hydrogen (secondary N) is 1. The Morgan fingerprint density at radius 3 is 2.38 bits per heavy atom. The monoisotopic (exact) mass is 319 g/mol. The SMILES string of the molecule is COC(=O)c1c(C)oc(C)c1S(=O)(=O)NCC(C)C(=O)O. The van der Waals surface area contributed by atoms with Gasteiger partial charge in [-0.05, 0) is 13.8 Å². The number of methoxy groups -OCH3 is 1. The van der Waals surface area contributed by atoms with Gasteiger partial charge in [0.1, 0.15) is 22.0 Å². The summed E-state index contributed by atoms with van der Waals surface area (Å²) in [6, 6.07) is 0. The van der Waals surface area contributed by atoms with Crippen LogP contribution in [-0.2, 0) is 19.6 Å². The van der Waals surface area contributed by atoms with E-state index in [4.69, 9.17) is 9.52 Å². The van der Waals surface area contributed by atoms with E-state index in [1.807, 2.05) is 0 Å². The van der Waals surface area contributed by atoms with Crippen molar-refractivity contribution in [3.63, 3.8) is 0 Å². The van der Waals surface area contributed by atoms with E-state index in [1.165, 1.54) is 20.8 Å². The van der Waals surface area contributed by atoms with Gasteiger partial charge in [0, 0.05) is 6.54 Å². The highest BCUT2D eigenvalue weighted by Crippen LogP contribution is 2.27. The molecule has 0 radical (unpaired) electrons. The second kappa shape index (κ2) is 6.27. The van der Waals surface area contributed by atoms with Crippen molar-refractivity contribution in [3.05, 3.63) is 17.1 Å². The molecule has 9 heteroatoms. The molecule has 0 aliphatic rings. The van der Waals surface area contributed by atoms with Crippen molar-refractivity contribution in [1.82, 2.24) is 4.72 Å². The summed E-state index contributed by atoms with van der Waals surface area (Å²) in [5.41, 5.74) is -0.189. The van der Waals surface area contributed by atoms with E-state index in [-0.39, 0.29) is 28.5 Å². The van der Waals surface area contributed by atoms with Gasteiger partial charge in [0.2, 0.25) is 10.0 Å². The van der Waals surface area contributed by atoms with Gasteiger partial charge in [-0.1, -0.05) is 6.92 Å². The fourth-order valence-corrected chi connectivity index (χ4v) is 3.25. The molecule has 0 aliphatic heterocycles. The molecule has 2 N–H and O–H groups in total. The Morgan fingerprint density at radius 1 is 1.33 bits per heavy atom. The number of aryl methyl sites for hydroxylation is 2. The first-order valence-electron chi connectivity index (χ1n) is 6.02. The van der Waals surface area contributed by atoms with Gasteiger partial charge in [-0.25, -0.2) is 17.9 Å². The van der Waals surface area contributed by atoms with E-state index in [2.05, 4.69) is 9.46 Å². The minimum Gasteiger partial charge on any atom is -0.481 e. The number of carbonyl (C=O) groups excluding carboxylic acids is 1. The van der Waals surface area contributed by atoms with E-state index in [0.717, 1.165) is 7.11 Å². The normalized spacial score (nSPS) is 13.0. The Balaban J connectivity index is 3.20. The predicted molar refractivity (Wildman–Crippen MR) is 71.5 cm³/mol. The number of esters is 1. The van der Waals surface area contributed by atoms with Crippen LogP contribution >= 0.6 is 0 Å². The average Bonchev–Trinajstić information content (AvgIpc) is 2.70. The third kappa shape index (κ3) is 3.61. The molecule has 0 saturated carbocycles. The second-order valence-electron chi connectivity index (χ2n) is 4.50. The summed E-state index contributed by atoms with van der Waals surface area (Å²) in [5.74, 6) is -2.73. The van der Waals surface area contributed by atoms with Crippen LogP contribution in [0.5, 0.6) is 0 Å². The zero-order valence-corrected chi connectivity index (χ0v) is 12.9. The summed E-state index contributed by atoms with van der Waals surface area (Å²) in [7, 11) is -2.97. The maximum Gasteiger partial charge on any atom is 0.342 e. The molecular weight excluding hydrogens is 302 g/mol. The third-order valence-corrected chi connectivity index (χ3v) is 4.44. The van der Waals surface area contributed by atoms with Gasteiger partial charge in [-0.2, -0.15) is 0 Å². The summed E-state index contributed by atoms with van der Waals surface area (Å²) < 4.78 is 36.4. The summed E-state index contributed by atoms with van der Waals surface area (Å²) in [6.45, 7) is 3.90. The van der Waals surface area contributed by atoms with Crippen LogP contribution < -0.4 is 4.72 Å². The summed E-state index contributed by atoms with van der Waals surface area (Å²) in [6.07, 6.45) is 0. The van der Waals surface area contributed by atoms with Crippen LogP contribution in [0.2, 0.25) is 0 Å². The van der Waals surface area contributed by atoms with Crippen LogP contribution in [0.4, 0.5) is 0 Å². The molecule has 1 aromatic rings. The molecule has 0 bridgehead atoms. The molecule has 0 aromatic carbocycles. The van der Waals surface area contributed by atoms with Gasteiger partial charge in [0.25, 0.3) is 0 Å². The van der Waals surface area contributed by atoms with E-state index < -0.39 is 27.9 Å². The first-order chi connectivity index (χ1) is 9.61. The highest BCUT2D eigenvalue weighted by Gasteiger charge is 2.31. The number of carboxylic acid groups (broad SMARTS) is 1. The standard InChI is InChI=1S/C12H17NO7S/c1-6(11(14)15)5-13-21(17,18)10-8(3)20-7(2)9(10)12(16)19-4/h6,13H,5H2,1-4H3,(H,14,15). The van der Waals surface area contributed by atoms with Crippen molar-refractivity contribution in [2.45, 2.75) is 25.7 Å². The van der Waals surface area contributed by atoms with Crippen molar-refractivity contribution in [1.29, 1.82) is 0 Å². The van der Waals surface area contributed by atoms with E-state index in [9.17, 15) is 18.0 Å². The largest absolute Gasteiger partial charge is 0.481 e. The Kier molecular flexibility index (Phi) is 5.13. The Hall–Kier alpha value is -1.87. The van der Waals surface area contributed by atoms with Crippen LogP contribution in [-0.4, -0.2) is 39.1 Å². The molecule has 1 rings (SSSR count). The lowest BCUT2D eigenvalue weighted by Gasteiger charge is -2.10. The minimum atomic E-state index is -4.09. The number of furan rings is 1. The molecular formula is C12H17NO7S. The highest BCUT2D eigenvalue weighted by atomic mass is 32.2. The average molecular weight is 319 g/mol. The van der Waals surface area contributed by atoms with E-state index >= 15 is 0 Å². The molecule has 0 fully saturated rings. The van der Waals surface area contributed by atoms with Gasteiger partial charge in [-0.3, -0.25) is 4.79 Å². The number of carbonyl (C=O) groups is 2. The maximum atomic E-state index is 12.3. The van der Waals surface area contributed by atoms with Crippen LogP contribution in [0.1, 0.15) is 28.8 Å². The van der Waals surface area contributed by atoms with Crippen molar-refractivity contribution >= 4 is 22.0 Å². The number of hydrogen-bond acceptors (Lipinski definition) is 6. The molecule has 8 nitrogen and oxygen atoms in total. The maximum absolute atomic E-state index is 12.3. The smallest absolute Gasteiger partial charge is 0.342 e. The zero-order valence-electron chi connectivity index (χ0n) is 12.1. The van der Waals surface area contributed by atoms with Crippen LogP contribution in [0.15, 0.2) is 9.31 Å². The lowest BCUT2D eigenvalue weighted by molar-refractivity contribution is -0.140. The third-order valence-electron chi connectivity index (χ3n) is 2.86. The first-order valence-corrected chi connectivity index (χ1v) is 7.51. The molecule has 0 aliphatic carbocycles. The predicted octanol–water partition coefficient (Wildman–Crippen LogP) is 0.682. The van der Waals surface area contributed by atoms with E-state index in [0.29, 0.717) is 0 Å². The topological polar surface area (TPSA) is 123 Å². The number of aliphatic carboxylic acids is 1. The number of rotatable bonds is 6. The minimum absolute atomic E-state index is 0.0309. The molecule has 1 heterocycles. The Morgan fingerprint density at radius 2 is 1.90 bits per heavy atom. The summed E-state index contributed by atoms with van der Waals surface area (Å²) >= 11 is 0. The van der Waals surface area contributed by atoms with Gasteiger partial charge in [0.15, 0.2) is 0 Å². The first kappa shape index (κ1) is 17.2. The Bertz CT molecular complexity index is 659. The lowest BCUT2D eigenvalue weighted by Crippen LogP contribution is -2.32. The molecule has 1 atom stereocenters. The zero-order chi connectivity index (χ0) is 16.4. The van der Waals surface area contributed by atoms with E-state index in [1.54, 1.807) is 0 Å². The highest BCUT2D eigenvalue weighted by molar-refractivity contribution is 7.89. The summed E-state index contributed by atoms with van der Waals surface area (Å²) in [5, 5.41) is 8.76.